The summed E-state index contributed by atoms with van der Waals surface area (Å²) in [6, 6.07) is 8.86. The molecule has 1 aromatic carbocycles. The van der Waals surface area contributed by atoms with E-state index < -0.39 is 0 Å². The lowest BCUT2D eigenvalue weighted by atomic mass is 9.97. The number of benzene rings is 1. The summed E-state index contributed by atoms with van der Waals surface area (Å²) in [5, 5.41) is 5.82. The molecule has 0 fully saturated rings. The summed E-state index contributed by atoms with van der Waals surface area (Å²) in [6.45, 7) is 7.49. The zero-order chi connectivity index (χ0) is 14.5. The number of thiophene rings is 1. The summed E-state index contributed by atoms with van der Waals surface area (Å²) in [5.41, 5.74) is 4.05. The van der Waals surface area contributed by atoms with Crippen molar-refractivity contribution >= 4 is 11.3 Å². The van der Waals surface area contributed by atoms with E-state index in [2.05, 4.69) is 49.7 Å². The van der Waals surface area contributed by atoms with Gasteiger partial charge in [-0.2, -0.15) is 0 Å². The van der Waals surface area contributed by atoms with Crippen LogP contribution in [0.15, 0.2) is 29.6 Å². The van der Waals surface area contributed by atoms with Crippen LogP contribution < -0.4 is 10.1 Å². The van der Waals surface area contributed by atoms with Crippen LogP contribution >= 0.6 is 11.3 Å². The molecule has 0 aliphatic heterocycles. The Morgan fingerprint density at radius 3 is 2.65 bits per heavy atom. The zero-order valence-corrected chi connectivity index (χ0v) is 13.5. The van der Waals surface area contributed by atoms with Crippen molar-refractivity contribution in [2.75, 3.05) is 13.7 Å². The lowest BCUT2D eigenvalue weighted by Gasteiger charge is -2.21. The van der Waals surface area contributed by atoms with Crippen LogP contribution in [0.1, 0.15) is 41.5 Å². The monoisotopic (exact) mass is 289 g/mol. The summed E-state index contributed by atoms with van der Waals surface area (Å²) >= 11 is 1.84. The van der Waals surface area contributed by atoms with E-state index in [1.54, 1.807) is 7.11 Å². The lowest BCUT2D eigenvalue weighted by Crippen LogP contribution is -2.22. The van der Waals surface area contributed by atoms with Gasteiger partial charge in [0, 0.05) is 4.88 Å². The minimum Gasteiger partial charge on any atom is -0.497 e. The smallest absolute Gasteiger partial charge is 0.119 e. The van der Waals surface area contributed by atoms with Crippen molar-refractivity contribution in [2.24, 2.45) is 0 Å². The van der Waals surface area contributed by atoms with Gasteiger partial charge in [0.15, 0.2) is 0 Å². The van der Waals surface area contributed by atoms with E-state index in [1.165, 1.54) is 21.6 Å². The van der Waals surface area contributed by atoms with E-state index in [9.17, 15) is 0 Å². The predicted molar refractivity (Wildman–Crippen MR) is 86.9 cm³/mol. The Kier molecular flexibility index (Phi) is 5.21. The third-order valence-corrected chi connectivity index (χ3v) is 4.64. The fraction of sp³-hybridized carbons (Fsp3) is 0.412. The summed E-state index contributed by atoms with van der Waals surface area (Å²) in [4.78, 5) is 1.43. The van der Waals surface area contributed by atoms with E-state index in [0.29, 0.717) is 0 Å². The second-order valence-corrected chi connectivity index (χ2v) is 5.82. The first-order valence-electron chi connectivity index (χ1n) is 7.15. The maximum absolute atomic E-state index is 5.31. The van der Waals surface area contributed by atoms with E-state index in [4.69, 9.17) is 4.74 Å². The van der Waals surface area contributed by atoms with Crippen molar-refractivity contribution in [1.82, 2.24) is 5.32 Å². The van der Waals surface area contributed by atoms with Gasteiger partial charge < -0.3 is 10.1 Å². The Morgan fingerprint density at radius 2 is 2.05 bits per heavy atom. The normalized spacial score (nSPS) is 12.4. The Labute approximate surface area is 125 Å². The first-order chi connectivity index (χ1) is 9.71. The van der Waals surface area contributed by atoms with E-state index >= 15 is 0 Å². The van der Waals surface area contributed by atoms with Gasteiger partial charge in [0.25, 0.3) is 0 Å². The molecule has 2 rings (SSSR count). The second kappa shape index (κ2) is 6.91. The number of nitrogens with one attached hydrogen (secondary N) is 1. The van der Waals surface area contributed by atoms with Gasteiger partial charge in [0.1, 0.15) is 5.75 Å². The van der Waals surface area contributed by atoms with Gasteiger partial charge in [-0.3, -0.25) is 0 Å². The number of hydrogen-bond donors (Lipinski definition) is 1. The van der Waals surface area contributed by atoms with Crippen molar-refractivity contribution in [1.29, 1.82) is 0 Å². The van der Waals surface area contributed by atoms with Crippen LogP contribution in [0.3, 0.4) is 0 Å². The first-order valence-corrected chi connectivity index (χ1v) is 8.03. The largest absolute Gasteiger partial charge is 0.497 e. The molecule has 0 spiro atoms. The molecular weight excluding hydrogens is 266 g/mol. The Hall–Kier alpha value is -1.32. The number of aryl methyl sites for hydroxylation is 2. The third kappa shape index (κ3) is 3.05. The van der Waals surface area contributed by atoms with Gasteiger partial charge in [-0.1, -0.05) is 19.9 Å². The van der Waals surface area contributed by atoms with Gasteiger partial charge in [0.05, 0.1) is 13.2 Å². The van der Waals surface area contributed by atoms with Crippen molar-refractivity contribution < 1.29 is 4.74 Å². The van der Waals surface area contributed by atoms with Crippen LogP contribution in [-0.2, 0) is 6.42 Å². The summed E-state index contributed by atoms with van der Waals surface area (Å²) < 4.78 is 5.31. The molecular formula is C17H23NOS. The highest BCUT2D eigenvalue weighted by Gasteiger charge is 2.19. The molecule has 2 nitrogen and oxygen atoms in total. The SMILES string of the molecule is CCNC(c1ccc(OC)cc1C)c1sccc1CC. The second-order valence-electron chi connectivity index (χ2n) is 4.88. The minimum atomic E-state index is 0.279. The molecule has 1 atom stereocenters. The highest BCUT2D eigenvalue weighted by Crippen LogP contribution is 2.33. The fourth-order valence-corrected chi connectivity index (χ4v) is 3.63. The number of hydrogen-bond acceptors (Lipinski definition) is 3. The van der Waals surface area contributed by atoms with Crippen LogP contribution in [-0.4, -0.2) is 13.7 Å². The fourth-order valence-electron chi connectivity index (χ4n) is 2.54. The molecule has 1 unspecified atom stereocenters. The van der Waals surface area contributed by atoms with Crippen LogP contribution in [0.25, 0.3) is 0 Å². The molecule has 0 saturated heterocycles. The Balaban J connectivity index is 2.43. The van der Waals surface area contributed by atoms with Crippen molar-refractivity contribution in [3.63, 3.8) is 0 Å². The van der Waals surface area contributed by atoms with Crippen LogP contribution in [0.4, 0.5) is 0 Å². The van der Waals surface area contributed by atoms with Gasteiger partial charge in [-0.15, -0.1) is 11.3 Å². The first kappa shape index (κ1) is 15.1. The molecule has 108 valence electrons. The zero-order valence-electron chi connectivity index (χ0n) is 12.7. The van der Waals surface area contributed by atoms with E-state index in [-0.39, 0.29) is 6.04 Å². The molecule has 0 saturated carbocycles. The number of ether oxygens (including phenoxy) is 1. The van der Waals surface area contributed by atoms with Crippen LogP contribution in [0, 0.1) is 6.92 Å². The summed E-state index contributed by atoms with van der Waals surface area (Å²) in [7, 11) is 1.71. The summed E-state index contributed by atoms with van der Waals surface area (Å²) in [6.07, 6.45) is 1.08. The van der Waals surface area contributed by atoms with Crippen LogP contribution in [0.5, 0.6) is 5.75 Å². The molecule has 1 aromatic heterocycles. The highest BCUT2D eigenvalue weighted by molar-refractivity contribution is 7.10. The molecule has 1 heterocycles. The van der Waals surface area contributed by atoms with Crippen molar-refractivity contribution in [3.8, 4) is 5.75 Å². The number of methoxy groups -OCH3 is 1. The molecule has 0 bridgehead atoms. The lowest BCUT2D eigenvalue weighted by molar-refractivity contribution is 0.414. The molecule has 0 amide bonds. The van der Waals surface area contributed by atoms with E-state index in [1.807, 2.05) is 17.4 Å². The molecule has 1 N–H and O–H groups in total. The third-order valence-electron chi connectivity index (χ3n) is 3.62. The molecule has 3 heteroatoms. The Bertz CT molecular complexity index is 562. The predicted octanol–water partition coefficient (Wildman–Crippen LogP) is 4.33. The average molecular weight is 289 g/mol. The van der Waals surface area contributed by atoms with Gasteiger partial charge in [-0.25, -0.2) is 0 Å². The topological polar surface area (TPSA) is 21.3 Å². The molecule has 2 aromatic rings. The average Bonchev–Trinajstić information content (AvgIpc) is 2.93. The minimum absolute atomic E-state index is 0.279. The number of rotatable bonds is 6. The quantitative estimate of drug-likeness (QED) is 0.855. The summed E-state index contributed by atoms with van der Waals surface area (Å²) in [5.74, 6) is 0.920. The van der Waals surface area contributed by atoms with Gasteiger partial charge >= 0.3 is 0 Å². The van der Waals surface area contributed by atoms with Gasteiger partial charge in [-0.05, 0) is 60.2 Å². The molecule has 20 heavy (non-hydrogen) atoms. The van der Waals surface area contributed by atoms with Crippen LogP contribution in [0.2, 0.25) is 0 Å². The van der Waals surface area contributed by atoms with Crippen molar-refractivity contribution in [2.45, 2.75) is 33.2 Å². The molecule has 0 radical (unpaired) electrons. The maximum Gasteiger partial charge on any atom is 0.119 e. The molecule has 0 aliphatic rings. The Morgan fingerprint density at radius 1 is 1.25 bits per heavy atom. The highest BCUT2D eigenvalue weighted by atomic mass is 32.1. The molecule has 0 aliphatic carbocycles. The van der Waals surface area contributed by atoms with E-state index in [0.717, 1.165) is 18.7 Å². The van der Waals surface area contributed by atoms with Gasteiger partial charge in [0.2, 0.25) is 0 Å². The van der Waals surface area contributed by atoms with Crippen molar-refractivity contribution in [3.05, 3.63) is 51.2 Å². The maximum atomic E-state index is 5.31. The standard InChI is InChI=1S/C17H23NOS/c1-5-13-9-10-20-17(13)16(18-6-2)15-8-7-14(19-4)11-12(15)3/h7-11,16,18H,5-6H2,1-4H3.